The van der Waals surface area contributed by atoms with Crippen LogP contribution in [0.2, 0.25) is 0 Å². The molecule has 0 aliphatic heterocycles. The van der Waals surface area contributed by atoms with E-state index in [9.17, 15) is 9.59 Å². The van der Waals surface area contributed by atoms with Gasteiger partial charge in [-0.05, 0) is 6.42 Å². The van der Waals surface area contributed by atoms with Crippen LogP contribution in [0.1, 0.15) is 6.42 Å². The summed E-state index contributed by atoms with van der Waals surface area (Å²) < 4.78 is 0. The highest BCUT2D eigenvalue weighted by molar-refractivity contribution is 7.81. The van der Waals surface area contributed by atoms with Gasteiger partial charge in [0.05, 0.1) is 5.92 Å². The van der Waals surface area contributed by atoms with Crippen molar-refractivity contribution in [1.29, 1.82) is 0 Å². The number of rotatable bonds is 6. The summed E-state index contributed by atoms with van der Waals surface area (Å²) in [5.41, 5.74) is 10.1. The zero-order valence-electron chi connectivity index (χ0n) is 7.83. The zero-order valence-corrected chi connectivity index (χ0v) is 8.72. The topological polar surface area (TPSA) is 139 Å². The molecule has 86 valence electrons. The molecule has 0 aromatic rings. The van der Waals surface area contributed by atoms with Crippen molar-refractivity contribution in [3.8, 4) is 0 Å². The molecule has 0 heterocycles. The molecule has 0 aromatic carbocycles. The lowest BCUT2D eigenvalue weighted by Gasteiger charge is -2.14. The molecule has 7 nitrogen and oxygen atoms in total. The molecular formula is C7H13N3O4S. The van der Waals surface area contributed by atoms with Crippen LogP contribution in [0.15, 0.2) is 4.99 Å². The molecule has 0 spiro atoms. The minimum absolute atomic E-state index is 0.0215. The summed E-state index contributed by atoms with van der Waals surface area (Å²) in [6, 6.07) is 0. The van der Waals surface area contributed by atoms with Crippen LogP contribution in [0.5, 0.6) is 0 Å². The van der Waals surface area contributed by atoms with Crippen LogP contribution in [0.4, 0.5) is 0 Å². The molecule has 0 aliphatic rings. The number of hydrogen-bond donors (Lipinski definition) is 5. The van der Waals surface area contributed by atoms with Crippen molar-refractivity contribution < 1.29 is 19.8 Å². The maximum Gasteiger partial charge on any atom is 0.317 e. The van der Waals surface area contributed by atoms with Gasteiger partial charge in [0.15, 0.2) is 5.96 Å². The van der Waals surface area contributed by atoms with E-state index in [4.69, 9.17) is 21.7 Å². The average Bonchev–Trinajstić information content (AvgIpc) is 2.10. The van der Waals surface area contributed by atoms with Crippen LogP contribution >= 0.6 is 12.6 Å². The van der Waals surface area contributed by atoms with Gasteiger partial charge in [-0.15, -0.1) is 0 Å². The SMILES string of the molecule is NC(N)=NCCC(C(=O)O)C(S)C(=O)O. The first-order valence-corrected chi connectivity index (χ1v) is 4.57. The molecule has 0 aliphatic carbocycles. The average molecular weight is 235 g/mol. The third-order valence-electron chi connectivity index (χ3n) is 1.69. The molecule has 15 heavy (non-hydrogen) atoms. The van der Waals surface area contributed by atoms with Crippen LogP contribution in [0, 0.1) is 5.92 Å². The third-order valence-corrected chi connectivity index (χ3v) is 2.27. The second-order valence-electron chi connectivity index (χ2n) is 2.82. The van der Waals surface area contributed by atoms with Crippen LogP contribution in [0.25, 0.3) is 0 Å². The first kappa shape index (κ1) is 13.6. The molecule has 0 saturated carbocycles. The van der Waals surface area contributed by atoms with Crippen molar-refractivity contribution in [3.05, 3.63) is 0 Å². The van der Waals surface area contributed by atoms with E-state index < -0.39 is 23.1 Å². The Balaban J connectivity index is 4.36. The lowest BCUT2D eigenvalue weighted by atomic mass is 10.0. The van der Waals surface area contributed by atoms with Gasteiger partial charge in [-0.25, -0.2) is 0 Å². The van der Waals surface area contributed by atoms with E-state index in [1.54, 1.807) is 0 Å². The molecule has 0 rings (SSSR count). The number of aliphatic imine (C=N–C) groups is 1. The molecular weight excluding hydrogens is 222 g/mol. The number of carbonyl (C=O) groups is 2. The van der Waals surface area contributed by atoms with Crippen LogP contribution < -0.4 is 11.5 Å². The van der Waals surface area contributed by atoms with Gasteiger partial charge in [0, 0.05) is 6.54 Å². The van der Waals surface area contributed by atoms with Crippen LogP contribution in [0.3, 0.4) is 0 Å². The minimum atomic E-state index is -1.28. The largest absolute Gasteiger partial charge is 0.481 e. The van der Waals surface area contributed by atoms with Gasteiger partial charge < -0.3 is 21.7 Å². The summed E-state index contributed by atoms with van der Waals surface area (Å²) in [5, 5.41) is 16.1. The van der Waals surface area contributed by atoms with Crippen molar-refractivity contribution in [2.24, 2.45) is 22.4 Å². The number of aliphatic carboxylic acids is 2. The minimum Gasteiger partial charge on any atom is -0.481 e. The molecule has 0 amide bonds. The fourth-order valence-corrected chi connectivity index (χ4v) is 1.20. The van der Waals surface area contributed by atoms with Gasteiger partial charge in [-0.2, -0.15) is 12.6 Å². The third kappa shape index (κ3) is 5.11. The molecule has 2 unspecified atom stereocenters. The number of carboxylic acids is 2. The van der Waals surface area contributed by atoms with Gasteiger partial charge >= 0.3 is 11.9 Å². The van der Waals surface area contributed by atoms with Gasteiger partial charge in [-0.3, -0.25) is 14.6 Å². The Hall–Kier alpha value is -1.44. The molecule has 8 heteroatoms. The lowest BCUT2D eigenvalue weighted by molar-refractivity contribution is -0.147. The summed E-state index contributed by atoms with van der Waals surface area (Å²) in [7, 11) is 0. The van der Waals surface area contributed by atoms with Gasteiger partial charge in [0.1, 0.15) is 5.25 Å². The van der Waals surface area contributed by atoms with Gasteiger partial charge in [0.2, 0.25) is 0 Å². The maximum atomic E-state index is 10.7. The monoisotopic (exact) mass is 235 g/mol. The first-order chi connectivity index (χ1) is 6.86. The van der Waals surface area contributed by atoms with Crippen LogP contribution in [-0.2, 0) is 9.59 Å². The van der Waals surface area contributed by atoms with Crippen molar-refractivity contribution >= 4 is 30.5 Å². The van der Waals surface area contributed by atoms with E-state index in [1.807, 2.05) is 0 Å². The van der Waals surface area contributed by atoms with E-state index in [2.05, 4.69) is 17.6 Å². The second-order valence-corrected chi connectivity index (χ2v) is 3.38. The molecule has 0 aromatic heterocycles. The molecule has 0 radical (unpaired) electrons. The predicted octanol–water partition coefficient (Wildman–Crippen LogP) is -1.27. The molecule has 0 fully saturated rings. The summed E-state index contributed by atoms with van der Waals surface area (Å²) in [6.07, 6.45) is 0.0215. The number of nitrogens with zero attached hydrogens (tertiary/aromatic N) is 1. The van der Waals surface area contributed by atoms with Crippen LogP contribution in [-0.4, -0.2) is 39.9 Å². The Morgan fingerprint density at radius 2 is 1.80 bits per heavy atom. The predicted molar refractivity (Wildman–Crippen MR) is 56.8 cm³/mol. The highest BCUT2D eigenvalue weighted by Gasteiger charge is 2.30. The summed E-state index contributed by atoms with van der Waals surface area (Å²) in [4.78, 5) is 24.8. The maximum absolute atomic E-state index is 10.7. The number of thiol groups is 1. The van der Waals surface area contributed by atoms with Crippen molar-refractivity contribution in [2.75, 3.05) is 6.54 Å². The normalized spacial score (nSPS) is 13.9. The number of guanidine groups is 1. The fraction of sp³-hybridized carbons (Fsp3) is 0.571. The summed E-state index contributed by atoms with van der Waals surface area (Å²) in [5.74, 6) is -3.79. The Labute approximate surface area is 91.6 Å². The summed E-state index contributed by atoms with van der Waals surface area (Å²) in [6.45, 7) is 0.0592. The first-order valence-electron chi connectivity index (χ1n) is 4.05. The summed E-state index contributed by atoms with van der Waals surface area (Å²) >= 11 is 3.69. The zero-order chi connectivity index (χ0) is 12.0. The lowest BCUT2D eigenvalue weighted by Crippen LogP contribution is -2.31. The van der Waals surface area contributed by atoms with Gasteiger partial charge in [-0.1, -0.05) is 0 Å². The van der Waals surface area contributed by atoms with E-state index in [1.165, 1.54) is 0 Å². The van der Waals surface area contributed by atoms with Crippen molar-refractivity contribution in [2.45, 2.75) is 11.7 Å². The molecule has 2 atom stereocenters. The second kappa shape index (κ2) is 6.12. The number of carboxylic acid groups (broad SMARTS) is 2. The Kier molecular flexibility index (Phi) is 5.53. The van der Waals surface area contributed by atoms with E-state index in [0.717, 1.165) is 0 Å². The highest BCUT2D eigenvalue weighted by atomic mass is 32.1. The highest BCUT2D eigenvalue weighted by Crippen LogP contribution is 2.15. The number of hydrogen-bond acceptors (Lipinski definition) is 4. The smallest absolute Gasteiger partial charge is 0.317 e. The van der Waals surface area contributed by atoms with E-state index in [0.29, 0.717) is 0 Å². The Morgan fingerprint density at radius 1 is 1.27 bits per heavy atom. The molecule has 0 bridgehead atoms. The van der Waals surface area contributed by atoms with E-state index in [-0.39, 0.29) is 18.9 Å². The Morgan fingerprint density at radius 3 is 2.13 bits per heavy atom. The Bertz CT molecular complexity index is 277. The number of nitrogens with two attached hydrogens (primary N) is 2. The van der Waals surface area contributed by atoms with Gasteiger partial charge in [0.25, 0.3) is 0 Å². The van der Waals surface area contributed by atoms with Crippen molar-refractivity contribution in [3.63, 3.8) is 0 Å². The standard InChI is InChI=1S/C7H13N3O4S/c8-7(9)10-2-1-3(5(11)12)4(15)6(13)14/h3-4,15H,1-2H2,(H,11,12)(H,13,14)(H4,8,9,10). The fourth-order valence-electron chi connectivity index (χ4n) is 0.921. The van der Waals surface area contributed by atoms with Crippen molar-refractivity contribution in [1.82, 2.24) is 0 Å². The molecule has 0 saturated heterocycles. The quantitative estimate of drug-likeness (QED) is 0.221. The molecule has 6 N–H and O–H groups in total. The van der Waals surface area contributed by atoms with E-state index >= 15 is 0 Å².